The van der Waals surface area contributed by atoms with E-state index in [1.807, 2.05) is 6.07 Å². The molecule has 3 heterocycles. The van der Waals surface area contributed by atoms with E-state index in [-0.39, 0.29) is 22.8 Å². The lowest BCUT2D eigenvalue weighted by Crippen LogP contribution is -2.24. The van der Waals surface area contributed by atoms with Crippen molar-refractivity contribution in [2.24, 2.45) is 0 Å². The summed E-state index contributed by atoms with van der Waals surface area (Å²) in [6.07, 6.45) is 2.31. The number of hydrogen-bond donors (Lipinski definition) is 3. The average Bonchev–Trinajstić information content (AvgIpc) is 2.80. The maximum Gasteiger partial charge on any atom is 0.423 e. The Hall–Kier alpha value is -4.29. The standard InChI is InChI=1S/C18H19FN4O.C5H4F3N3O/c1-2-3-4-8-23-9-6-12-10-14(15(19)11-13(12)18(23)24)17-21-7-5-16(20)22-17;6-5(7,8)3-2(9)1-10-11-4(3)12/h5-7,9-11H,2-4,8H2,1H3,(H2,20,21,22);1H,(H3,9,11,12). The fourth-order valence-corrected chi connectivity index (χ4v) is 3.39. The molecule has 0 fully saturated rings. The molecule has 0 unspecified atom stereocenters. The molecule has 0 bridgehead atoms. The molecule has 0 aliphatic heterocycles. The molecule has 0 radical (unpaired) electrons. The lowest BCUT2D eigenvalue weighted by molar-refractivity contribution is -0.138. The summed E-state index contributed by atoms with van der Waals surface area (Å²) < 4.78 is 52.1. The normalized spacial score (nSPS) is 11.2. The molecule has 0 spiro atoms. The molecule has 4 aromatic rings. The molecule has 0 amide bonds. The van der Waals surface area contributed by atoms with Gasteiger partial charge in [-0.05, 0) is 36.1 Å². The van der Waals surface area contributed by atoms with Crippen molar-refractivity contribution in [2.45, 2.75) is 38.9 Å². The minimum Gasteiger partial charge on any atom is -0.397 e. The van der Waals surface area contributed by atoms with Crippen LogP contribution in [0, 0.1) is 5.82 Å². The number of nitrogens with zero attached hydrogens (tertiary/aromatic N) is 4. The molecule has 0 aliphatic rings. The smallest absolute Gasteiger partial charge is 0.397 e. The van der Waals surface area contributed by atoms with Gasteiger partial charge in [0.15, 0.2) is 5.82 Å². The molecule has 0 saturated heterocycles. The van der Waals surface area contributed by atoms with E-state index < -0.39 is 28.8 Å². The highest BCUT2D eigenvalue weighted by Crippen LogP contribution is 2.29. The van der Waals surface area contributed by atoms with Gasteiger partial charge in [-0.15, -0.1) is 0 Å². The summed E-state index contributed by atoms with van der Waals surface area (Å²) in [5.41, 5.74) is 7.18. The molecule has 9 nitrogen and oxygen atoms in total. The van der Waals surface area contributed by atoms with Gasteiger partial charge in [-0.1, -0.05) is 19.8 Å². The van der Waals surface area contributed by atoms with Gasteiger partial charge < -0.3 is 16.0 Å². The van der Waals surface area contributed by atoms with Crippen LogP contribution >= 0.6 is 0 Å². The zero-order chi connectivity index (χ0) is 26.5. The van der Waals surface area contributed by atoms with Gasteiger partial charge in [0.2, 0.25) is 0 Å². The lowest BCUT2D eigenvalue weighted by atomic mass is 10.1. The number of hydrogen-bond acceptors (Lipinski definition) is 7. The summed E-state index contributed by atoms with van der Waals surface area (Å²) in [6, 6.07) is 6.21. The molecular weight excluding hydrogens is 482 g/mol. The number of benzene rings is 1. The monoisotopic (exact) mass is 505 g/mol. The number of nitrogen functional groups attached to an aromatic ring is 2. The van der Waals surface area contributed by atoms with E-state index in [4.69, 9.17) is 11.5 Å². The van der Waals surface area contributed by atoms with Crippen molar-refractivity contribution in [3.8, 4) is 11.4 Å². The number of unbranched alkanes of at least 4 members (excludes halogenated alkanes) is 2. The Bertz CT molecular complexity index is 1480. The topological polar surface area (TPSA) is 146 Å². The maximum atomic E-state index is 14.5. The Kier molecular flexibility index (Phi) is 8.02. The summed E-state index contributed by atoms with van der Waals surface area (Å²) in [5, 5.41) is 5.76. The van der Waals surface area contributed by atoms with E-state index in [2.05, 4.69) is 22.0 Å². The number of aromatic nitrogens is 5. The van der Waals surface area contributed by atoms with Crippen LogP contribution in [0.2, 0.25) is 0 Å². The molecular formula is C23H23F4N7O2. The van der Waals surface area contributed by atoms with Gasteiger partial charge in [-0.25, -0.2) is 19.5 Å². The fraction of sp³-hybridized carbons (Fsp3) is 0.261. The Morgan fingerprint density at radius 2 is 1.86 bits per heavy atom. The van der Waals surface area contributed by atoms with Crippen molar-refractivity contribution in [1.82, 2.24) is 24.7 Å². The van der Waals surface area contributed by atoms with Crippen LogP contribution < -0.4 is 22.6 Å². The second kappa shape index (κ2) is 11.0. The Balaban J connectivity index is 0.000000253. The molecule has 3 aromatic heterocycles. The number of nitrogens with one attached hydrogen (secondary N) is 1. The number of aryl methyl sites for hydroxylation is 1. The zero-order valence-electron chi connectivity index (χ0n) is 19.1. The fourth-order valence-electron chi connectivity index (χ4n) is 3.39. The number of pyridine rings is 1. The third-order valence-corrected chi connectivity index (χ3v) is 5.15. The van der Waals surface area contributed by atoms with Crippen LogP contribution in [0.5, 0.6) is 0 Å². The number of alkyl halides is 3. The number of H-pyrrole nitrogens is 1. The lowest BCUT2D eigenvalue weighted by Gasteiger charge is -2.09. The second-order valence-electron chi connectivity index (χ2n) is 7.77. The molecule has 190 valence electrons. The average molecular weight is 505 g/mol. The molecule has 13 heteroatoms. The van der Waals surface area contributed by atoms with Crippen LogP contribution in [0.3, 0.4) is 0 Å². The van der Waals surface area contributed by atoms with Crippen molar-refractivity contribution in [3.05, 3.63) is 74.9 Å². The van der Waals surface area contributed by atoms with Gasteiger partial charge >= 0.3 is 6.18 Å². The van der Waals surface area contributed by atoms with Gasteiger partial charge in [0.05, 0.1) is 22.8 Å². The molecule has 4 rings (SSSR count). The van der Waals surface area contributed by atoms with Crippen molar-refractivity contribution in [1.29, 1.82) is 0 Å². The first-order valence-corrected chi connectivity index (χ1v) is 10.8. The number of aromatic amines is 1. The summed E-state index contributed by atoms with van der Waals surface area (Å²) in [5.74, 6) is -0.0520. The van der Waals surface area contributed by atoms with E-state index in [0.29, 0.717) is 17.3 Å². The van der Waals surface area contributed by atoms with Crippen LogP contribution in [-0.2, 0) is 12.7 Å². The molecule has 0 saturated carbocycles. The predicted octanol–water partition coefficient (Wildman–Crippen LogP) is 3.74. The van der Waals surface area contributed by atoms with Crippen molar-refractivity contribution in [2.75, 3.05) is 11.5 Å². The minimum atomic E-state index is -4.74. The van der Waals surface area contributed by atoms with E-state index in [1.54, 1.807) is 21.9 Å². The first-order valence-electron chi connectivity index (χ1n) is 10.8. The van der Waals surface area contributed by atoms with E-state index in [0.717, 1.165) is 25.5 Å². The Morgan fingerprint density at radius 1 is 1.11 bits per heavy atom. The summed E-state index contributed by atoms with van der Waals surface area (Å²) in [4.78, 5) is 31.2. The van der Waals surface area contributed by atoms with Crippen molar-refractivity contribution in [3.63, 3.8) is 0 Å². The Labute approximate surface area is 201 Å². The van der Waals surface area contributed by atoms with Gasteiger partial charge in [0, 0.05) is 18.9 Å². The highest BCUT2D eigenvalue weighted by Gasteiger charge is 2.36. The van der Waals surface area contributed by atoms with Crippen LogP contribution in [-0.4, -0.2) is 24.7 Å². The number of fused-ring (bicyclic) bond motifs is 1. The summed E-state index contributed by atoms with van der Waals surface area (Å²) >= 11 is 0. The number of nitrogens with two attached hydrogens (primary N) is 2. The van der Waals surface area contributed by atoms with Crippen LogP contribution in [0.15, 0.2) is 52.4 Å². The number of halogens is 4. The Morgan fingerprint density at radius 3 is 2.47 bits per heavy atom. The molecule has 36 heavy (non-hydrogen) atoms. The quantitative estimate of drug-likeness (QED) is 0.277. The largest absolute Gasteiger partial charge is 0.423 e. The molecule has 0 aliphatic carbocycles. The SMILES string of the molecule is CCCCCn1ccc2cc(-c3nccc(N)n3)c(F)cc2c1=O.Nc1cn[nH]c(=O)c1C(F)(F)F. The third-order valence-electron chi connectivity index (χ3n) is 5.15. The van der Waals surface area contributed by atoms with Gasteiger partial charge in [-0.3, -0.25) is 9.59 Å². The van der Waals surface area contributed by atoms with E-state index in [9.17, 15) is 27.2 Å². The maximum absolute atomic E-state index is 14.5. The summed E-state index contributed by atoms with van der Waals surface area (Å²) in [6.45, 7) is 2.75. The second-order valence-corrected chi connectivity index (χ2v) is 7.77. The van der Waals surface area contributed by atoms with Crippen molar-refractivity contribution < 1.29 is 17.6 Å². The molecule has 5 N–H and O–H groups in total. The number of anilines is 2. The van der Waals surface area contributed by atoms with Crippen molar-refractivity contribution >= 4 is 22.3 Å². The highest BCUT2D eigenvalue weighted by atomic mass is 19.4. The molecule has 1 aromatic carbocycles. The molecule has 0 atom stereocenters. The van der Waals surface area contributed by atoms with Crippen LogP contribution in [0.4, 0.5) is 29.1 Å². The zero-order valence-corrected chi connectivity index (χ0v) is 19.1. The first-order chi connectivity index (χ1) is 17.0. The number of rotatable bonds is 5. The highest BCUT2D eigenvalue weighted by molar-refractivity contribution is 5.86. The first kappa shape index (κ1) is 26.3. The minimum absolute atomic E-state index is 0.178. The van der Waals surface area contributed by atoms with Gasteiger partial charge in [0.1, 0.15) is 17.2 Å². The van der Waals surface area contributed by atoms with Crippen LogP contribution in [0.25, 0.3) is 22.2 Å². The summed E-state index contributed by atoms with van der Waals surface area (Å²) in [7, 11) is 0. The third kappa shape index (κ3) is 6.03. The van der Waals surface area contributed by atoms with E-state index >= 15 is 0 Å². The predicted molar refractivity (Wildman–Crippen MR) is 127 cm³/mol. The van der Waals surface area contributed by atoms with Gasteiger partial charge in [-0.2, -0.15) is 18.3 Å². The van der Waals surface area contributed by atoms with Crippen LogP contribution in [0.1, 0.15) is 31.7 Å². The van der Waals surface area contributed by atoms with E-state index in [1.165, 1.54) is 18.3 Å². The van der Waals surface area contributed by atoms with Gasteiger partial charge in [0.25, 0.3) is 11.1 Å².